The summed E-state index contributed by atoms with van der Waals surface area (Å²) in [4.78, 5) is 23.4. The summed E-state index contributed by atoms with van der Waals surface area (Å²) < 4.78 is 10.4. The molecule has 0 saturated carbocycles. The van der Waals surface area contributed by atoms with Crippen LogP contribution in [0.15, 0.2) is 12.2 Å². The first-order valence-corrected chi connectivity index (χ1v) is 5.17. The van der Waals surface area contributed by atoms with Gasteiger partial charge in [-0.3, -0.25) is 9.59 Å². The normalized spacial score (nSPS) is 51.3. The molecule has 3 rings (SSSR count). The highest BCUT2D eigenvalue weighted by Crippen LogP contribution is 2.52. The van der Waals surface area contributed by atoms with Crippen molar-refractivity contribution in [2.45, 2.75) is 19.6 Å². The Bertz CT molecular complexity index is 386. The number of rotatable bonds is 0. The number of hydrogen-bond donors (Lipinski definition) is 0. The topological polar surface area (TPSA) is 52.6 Å². The van der Waals surface area contributed by atoms with Crippen LogP contribution >= 0.6 is 0 Å². The zero-order chi connectivity index (χ0) is 10.8. The molecule has 0 N–H and O–H groups in total. The van der Waals surface area contributed by atoms with E-state index in [0.29, 0.717) is 0 Å². The molecule has 4 bridgehead atoms. The van der Waals surface area contributed by atoms with Crippen LogP contribution in [0.3, 0.4) is 0 Å². The van der Waals surface area contributed by atoms with Crippen molar-refractivity contribution in [2.75, 3.05) is 0 Å². The van der Waals surface area contributed by atoms with E-state index in [2.05, 4.69) is 0 Å². The SMILES string of the molecule is CC1C=CC2C3C(=O)OC2(C)OC(=O)C13. The highest BCUT2D eigenvalue weighted by Gasteiger charge is 2.65. The van der Waals surface area contributed by atoms with E-state index in [0.717, 1.165) is 0 Å². The Morgan fingerprint density at radius 2 is 1.73 bits per heavy atom. The van der Waals surface area contributed by atoms with E-state index in [9.17, 15) is 9.59 Å². The van der Waals surface area contributed by atoms with Crippen LogP contribution in [-0.4, -0.2) is 17.7 Å². The number of ether oxygens (including phenoxy) is 2. The lowest BCUT2D eigenvalue weighted by atomic mass is 9.68. The second kappa shape index (κ2) is 2.43. The van der Waals surface area contributed by atoms with E-state index < -0.39 is 5.79 Å². The summed E-state index contributed by atoms with van der Waals surface area (Å²) >= 11 is 0. The van der Waals surface area contributed by atoms with Gasteiger partial charge in [-0.05, 0) is 5.92 Å². The summed E-state index contributed by atoms with van der Waals surface area (Å²) in [7, 11) is 0. The van der Waals surface area contributed by atoms with Crippen LogP contribution in [-0.2, 0) is 19.1 Å². The van der Waals surface area contributed by atoms with Gasteiger partial charge in [0.05, 0.1) is 17.8 Å². The average molecular weight is 208 g/mol. The van der Waals surface area contributed by atoms with E-state index in [1.165, 1.54) is 0 Å². The molecule has 2 saturated heterocycles. The summed E-state index contributed by atoms with van der Waals surface area (Å²) in [6.07, 6.45) is 3.93. The Kier molecular flexibility index (Phi) is 1.45. The maximum atomic E-state index is 11.7. The van der Waals surface area contributed by atoms with Crippen LogP contribution in [0.2, 0.25) is 0 Å². The van der Waals surface area contributed by atoms with Crippen molar-refractivity contribution in [1.29, 1.82) is 0 Å². The molecule has 15 heavy (non-hydrogen) atoms. The second-order valence-electron chi connectivity index (χ2n) is 4.68. The van der Waals surface area contributed by atoms with Crippen LogP contribution in [0.25, 0.3) is 0 Å². The third-order valence-electron chi connectivity index (χ3n) is 3.72. The second-order valence-corrected chi connectivity index (χ2v) is 4.68. The van der Waals surface area contributed by atoms with Gasteiger partial charge in [-0.2, -0.15) is 0 Å². The van der Waals surface area contributed by atoms with Gasteiger partial charge in [0.1, 0.15) is 0 Å². The highest BCUT2D eigenvalue weighted by atomic mass is 16.7. The fourth-order valence-electron chi connectivity index (χ4n) is 2.93. The molecule has 2 heterocycles. The minimum atomic E-state index is -1.06. The molecule has 80 valence electrons. The molecular weight excluding hydrogens is 196 g/mol. The molecule has 2 fully saturated rings. The molecule has 0 amide bonds. The molecule has 0 spiro atoms. The average Bonchev–Trinajstić information content (AvgIpc) is 2.31. The summed E-state index contributed by atoms with van der Waals surface area (Å²) in [5.74, 6) is -2.42. The van der Waals surface area contributed by atoms with Crippen molar-refractivity contribution in [3.63, 3.8) is 0 Å². The fourth-order valence-corrected chi connectivity index (χ4v) is 2.93. The van der Waals surface area contributed by atoms with Crippen molar-refractivity contribution in [2.24, 2.45) is 23.7 Å². The molecule has 5 unspecified atom stereocenters. The van der Waals surface area contributed by atoms with Crippen molar-refractivity contribution in [3.05, 3.63) is 12.2 Å². The van der Waals surface area contributed by atoms with Crippen molar-refractivity contribution >= 4 is 11.9 Å². The van der Waals surface area contributed by atoms with Crippen molar-refractivity contribution in [1.82, 2.24) is 0 Å². The van der Waals surface area contributed by atoms with E-state index in [1.807, 2.05) is 19.1 Å². The van der Waals surface area contributed by atoms with E-state index in [4.69, 9.17) is 9.47 Å². The number of hydrogen-bond acceptors (Lipinski definition) is 4. The monoisotopic (exact) mass is 208 g/mol. The summed E-state index contributed by atoms with van der Waals surface area (Å²) in [6, 6.07) is 0. The minimum Gasteiger partial charge on any atom is -0.422 e. The van der Waals surface area contributed by atoms with Gasteiger partial charge in [-0.15, -0.1) is 0 Å². The van der Waals surface area contributed by atoms with Crippen LogP contribution in [0, 0.1) is 23.7 Å². The molecule has 5 atom stereocenters. The summed E-state index contributed by atoms with van der Waals surface area (Å²) in [6.45, 7) is 3.58. The predicted molar refractivity (Wildman–Crippen MR) is 49.4 cm³/mol. The standard InChI is InChI=1S/C11H12O4/c1-5-3-4-6-8-7(5)9(12)14-11(6,2)15-10(8)13/h3-8H,1-2H3. The Balaban J connectivity index is 2.16. The number of carbonyl (C=O) groups excluding carboxylic acids is 2. The molecule has 4 nitrogen and oxygen atoms in total. The van der Waals surface area contributed by atoms with Gasteiger partial charge in [-0.1, -0.05) is 19.1 Å². The molecule has 0 radical (unpaired) electrons. The first-order valence-electron chi connectivity index (χ1n) is 5.17. The van der Waals surface area contributed by atoms with Gasteiger partial charge in [0.15, 0.2) is 0 Å². The molecule has 4 heteroatoms. The van der Waals surface area contributed by atoms with Crippen molar-refractivity contribution in [3.8, 4) is 0 Å². The van der Waals surface area contributed by atoms with E-state index in [-0.39, 0.29) is 35.6 Å². The maximum absolute atomic E-state index is 11.7. The first-order chi connectivity index (χ1) is 7.03. The largest absolute Gasteiger partial charge is 0.422 e. The Hall–Kier alpha value is -1.32. The van der Waals surface area contributed by atoms with Gasteiger partial charge in [-0.25, -0.2) is 0 Å². The zero-order valence-corrected chi connectivity index (χ0v) is 8.60. The Morgan fingerprint density at radius 1 is 1.13 bits per heavy atom. The minimum absolute atomic E-state index is 0.0500. The van der Waals surface area contributed by atoms with Crippen LogP contribution in [0.5, 0.6) is 0 Å². The molecule has 2 aliphatic heterocycles. The predicted octanol–water partition coefficient (Wildman–Crippen LogP) is 0.871. The number of carbonyl (C=O) groups is 2. The summed E-state index contributed by atoms with van der Waals surface area (Å²) in [5.41, 5.74) is 0. The van der Waals surface area contributed by atoms with E-state index >= 15 is 0 Å². The van der Waals surface area contributed by atoms with Gasteiger partial charge in [0.2, 0.25) is 0 Å². The van der Waals surface area contributed by atoms with Gasteiger partial charge in [0, 0.05) is 6.92 Å². The van der Waals surface area contributed by atoms with Crippen LogP contribution < -0.4 is 0 Å². The molecular formula is C11H12O4. The highest BCUT2D eigenvalue weighted by molar-refractivity contribution is 5.88. The quantitative estimate of drug-likeness (QED) is 0.438. The lowest BCUT2D eigenvalue weighted by Crippen LogP contribution is -2.50. The third-order valence-corrected chi connectivity index (χ3v) is 3.72. The zero-order valence-electron chi connectivity index (χ0n) is 8.60. The van der Waals surface area contributed by atoms with Gasteiger partial charge in [0.25, 0.3) is 5.79 Å². The number of allylic oxidation sites excluding steroid dienone is 1. The van der Waals surface area contributed by atoms with E-state index in [1.54, 1.807) is 6.92 Å². The third kappa shape index (κ3) is 0.919. The lowest BCUT2D eigenvalue weighted by molar-refractivity contribution is -0.225. The first kappa shape index (κ1) is 8.95. The smallest absolute Gasteiger partial charge is 0.314 e. The Labute approximate surface area is 87.2 Å². The molecule has 1 aliphatic carbocycles. The molecule has 0 aromatic rings. The van der Waals surface area contributed by atoms with Crippen LogP contribution in [0.4, 0.5) is 0 Å². The molecule has 0 aromatic carbocycles. The van der Waals surface area contributed by atoms with Crippen LogP contribution in [0.1, 0.15) is 13.8 Å². The van der Waals surface area contributed by atoms with Gasteiger partial charge >= 0.3 is 11.9 Å². The maximum Gasteiger partial charge on any atom is 0.314 e. The fraction of sp³-hybridized carbons (Fsp3) is 0.636. The van der Waals surface area contributed by atoms with Crippen molar-refractivity contribution < 1.29 is 19.1 Å². The summed E-state index contributed by atoms with van der Waals surface area (Å²) in [5, 5.41) is 0. The van der Waals surface area contributed by atoms with Gasteiger partial charge < -0.3 is 9.47 Å². The Morgan fingerprint density at radius 3 is 2.40 bits per heavy atom. The molecule has 0 aromatic heterocycles. The molecule has 3 aliphatic rings. The lowest BCUT2D eigenvalue weighted by Gasteiger charge is -2.40. The number of esters is 2.